The summed E-state index contributed by atoms with van der Waals surface area (Å²) in [6.07, 6.45) is -4.70. The number of piperazine rings is 1. The summed E-state index contributed by atoms with van der Waals surface area (Å²) in [5, 5.41) is 13.2. The quantitative estimate of drug-likeness (QED) is 0.845. The molecule has 0 saturated carbocycles. The van der Waals surface area contributed by atoms with Crippen LogP contribution in [0.2, 0.25) is 0 Å². The van der Waals surface area contributed by atoms with Crippen molar-refractivity contribution in [2.75, 3.05) is 26.2 Å². The van der Waals surface area contributed by atoms with Crippen LogP contribution in [0.3, 0.4) is 0 Å². The van der Waals surface area contributed by atoms with Gasteiger partial charge in [0.25, 0.3) is 0 Å². The fourth-order valence-electron chi connectivity index (χ4n) is 3.74. The van der Waals surface area contributed by atoms with Crippen molar-refractivity contribution in [1.82, 2.24) is 10.2 Å². The zero-order valence-corrected chi connectivity index (χ0v) is 15.3. The van der Waals surface area contributed by atoms with E-state index in [1.54, 1.807) is 24.3 Å². The summed E-state index contributed by atoms with van der Waals surface area (Å²) in [7, 11) is 0. The van der Waals surface area contributed by atoms with Gasteiger partial charge in [0.15, 0.2) is 0 Å². The van der Waals surface area contributed by atoms with Gasteiger partial charge in [-0.1, -0.05) is 12.1 Å². The number of rotatable bonds is 4. The molecule has 0 bridgehead atoms. The van der Waals surface area contributed by atoms with Crippen LogP contribution in [0.1, 0.15) is 28.3 Å². The van der Waals surface area contributed by atoms with Gasteiger partial charge in [-0.05, 0) is 60.4 Å². The molecule has 0 spiro atoms. The van der Waals surface area contributed by atoms with Gasteiger partial charge in [-0.2, -0.15) is 0 Å². The summed E-state index contributed by atoms with van der Waals surface area (Å²) in [5.74, 6) is -0.0220. The Morgan fingerprint density at radius 2 is 1.59 bits per heavy atom. The summed E-state index contributed by atoms with van der Waals surface area (Å²) in [5.41, 5.74) is 3.86. The molecule has 2 aromatic carbocycles. The number of ether oxygens (including phenoxy) is 1. The number of nitrogens with zero attached hydrogens (tertiary/aromatic N) is 1. The molecule has 1 aliphatic heterocycles. The molecule has 1 atom stereocenters. The predicted molar refractivity (Wildman–Crippen MR) is 97.0 cm³/mol. The Morgan fingerprint density at radius 1 is 1.04 bits per heavy atom. The number of phenols is 1. The molecule has 0 unspecified atom stereocenters. The third-order valence-electron chi connectivity index (χ3n) is 4.80. The predicted octanol–water partition coefficient (Wildman–Crippen LogP) is 3.90. The highest BCUT2D eigenvalue weighted by atomic mass is 19.4. The summed E-state index contributed by atoms with van der Waals surface area (Å²) in [4.78, 5) is 2.31. The van der Waals surface area contributed by atoms with Gasteiger partial charge in [0.1, 0.15) is 11.5 Å². The Kier molecular flexibility index (Phi) is 5.62. The third kappa shape index (κ3) is 4.73. The zero-order chi connectivity index (χ0) is 19.6. The second-order valence-electron chi connectivity index (χ2n) is 6.80. The van der Waals surface area contributed by atoms with E-state index in [-0.39, 0.29) is 17.5 Å². The largest absolute Gasteiger partial charge is 0.573 e. The summed E-state index contributed by atoms with van der Waals surface area (Å²) in [6, 6.07) is 9.40. The van der Waals surface area contributed by atoms with Gasteiger partial charge in [0.2, 0.25) is 0 Å². The van der Waals surface area contributed by atoms with Gasteiger partial charge in [-0.25, -0.2) is 0 Å². The van der Waals surface area contributed by atoms with Crippen LogP contribution in [0.4, 0.5) is 13.2 Å². The molecule has 4 nitrogen and oxygen atoms in total. The Morgan fingerprint density at radius 3 is 2.11 bits per heavy atom. The molecule has 1 heterocycles. The Bertz CT molecular complexity index is 762. The molecule has 1 fully saturated rings. The molecule has 3 rings (SSSR count). The van der Waals surface area contributed by atoms with Crippen LogP contribution in [0.25, 0.3) is 0 Å². The maximum atomic E-state index is 12.4. The molecule has 2 aromatic rings. The lowest BCUT2D eigenvalue weighted by atomic mass is 9.89. The van der Waals surface area contributed by atoms with Crippen LogP contribution in [0.15, 0.2) is 36.4 Å². The first-order valence-electron chi connectivity index (χ1n) is 8.85. The number of benzene rings is 2. The summed E-state index contributed by atoms with van der Waals surface area (Å²) >= 11 is 0. The van der Waals surface area contributed by atoms with E-state index < -0.39 is 6.36 Å². The maximum absolute atomic E-state index is 12.4. The van der Waals surface area contributed by atoms with Crippen LogP contribution in [0.5, 0.6) is 11.5 Å². The smallest absolute Gasteiger partial charge is 0.508 e. The van der Waals surface area contributed by atoms with E-state index >= 15 is 0 Å². The molecule has 0 aromatic heterocycles. The van der Waals surface area contributed by atoms with Crippen molar-refractivity contribution in [1.29, 1.82) is 0 Å². The number of halogens is 3. The number of aromatic hydroxyl groups is 1. The van der Waals surface area contributed by atoms with Crippen molar-refractivity contribution in [3.8, 4) is 11.5 Å². The summed E-state index contributed by atoms with van der Waals surface area (Å²) in [6.45, 7) is 7.23. The molecule has 0 radical (unpaired) electrons. The Labute approximate surface area is 156 Å². The summed E-state index contributed by atoms with van der Waals surface area (Å²) < 4.78 is 41.3. The zero-order valence-electron chi connectivity index (χ0n) is 15.3. The molecule has 0 amide bonds. The minimum absolute atomic E-state index is 0.104. The second-order valence-corrected chi connectivity index (χ2v) is 6.80. The van der Waals surface area contributed by atoms with Crippen molar-refractivity contribution < 1.29 is 23.0 Å². The number of hydrogen-bond donors (Lipinski definition) is 2. The number of hydrogen-bond acceptors (Lipinski definition) is 4. The molecular weight excluding hydrogens is 357 g/mol. The van der Waals surface area contributed by atoms with E-state index in [4.69, 9.17) is 0 Å². The fraction of sp³-hybridized carbons (Fsp3) is 0.400. The highest BCUT2D eigenvalue weighted by molar-refractivity contribution is 5.47. The van der Waals surface area contributed by atoms with Crippen molar-refractivity contribution in [3.63, 3.8) is 0 Å². The average molecular weight is 380 g/mol. The minimum Gasteiger partial charge on any atom is -0.508 e. The highest BCUT2D eigenvalue weighted by Gasteiger charge is 2.31. The highest BCUT2D eigenvalue weighted by Crippen LogP contribution is 2.36. The number of alkyl halides is 3. The number of phenolic OH excluding ortho intramolecular Hbond substituents is 1. The standard InChI is InChI=1S/C20H23F3N2O2/c1-13-11-16(26)12-14(2)18(13)19(25-9-7-24-8-10-25)15-3-5-17(6-4-15)27-20(21,22)23/h3-6,11-12,19,24,26H,7-10H2,1-2H3/t19-/m1/s1. The van der Waals surface area contributed by atoms with Crippen LogP contribution >= 0.6 is 0 Å². The normalized spacial score (nSPS) is 16.9. The Balaban J connectivity index is 2.00. The first kappa shape index (κ1) is 19.5. The molecule has 7 heteroatoms. The van der Waals surface area contributed by atoms with Gasteiger partial charge < -0.3 is 15.2 Å². The molecule has 1 saturated heterocycles. The lowest BCUT2D eigenvalue weighted by Crippen LogP contribution is -2.45. The van der Waals surface area contributed by atoms with Crippen molar-refractivity contribution >= 4 is 0 Å². The molecule has 27 heavy (non-hydrogen) atoms. The van der Waals surface area contributed by atoms with Gasteiger partial charge >= 0.3 is 6.36 Å². The SMILES string of the molecule is Cc1cc(O)cc(C)c1[C@@H](c1ccc(OC(F)(F)F)cc1)N1CCNCC1. The van der Waals surface area contributed by atoms with E-state index in [0.29, 0.717) is 0 Å². The van der Waals surface area contributed by atoms with Gasteiger partial charge in [-0.3, -0.25) is 4.90 Å². The van der Waals surface area contributed by atoms with Crippen LogP contribution < -0.4 is 10.1 Å². The van der Waals surface area contributed by atoms with Crippen molar-refractivity contribution in [2.24, 2.45) is 0 Å². The molecule has 2 N–H and O–H groups in total. The molecule has 0 aliphatic carbocycles. The van der Waals surface area contributed by atoms with Crippen molar-refractivity contribution in [2.45, 2.75) is 26.3 Å². The molecular formula is C20H23F3N2O2. The molecule has 1 aliphatic rings. The maximum Gasteiger partial charge on any atom is 0.573 e. The monoisotopic (exact) mass is 380 g/mol. The van der Waals surface area contributed by atoms with E-state index in [0.717, 1.165) is 48.4 Å². The number of nitrogens with one attached hydrogen (secondary N) is 1. The van der Waals surface area contributed by atoms with Gasteiger partial charge in [0.05, 0.1) is 6.04 Å². The number of aryl methyl sites for hydroxylation is 2. The first-order valence-corrected chi connectivity index (χ1v) is 8.85. The van der Waals surface area contributed by atoms with Gasteiger partial charge in [0, 0.05) is 26.2 Å². The first-order chi connectivity index (χ1) is 12.7. The lowest BCUT2D eigenvalue weighted by molar-refractivity contribution is -0.274. The second kappa shape index (κ2) is 7.78. The third-order valence-corrected chi connectivity index (χ3v) is 4.80. The van der Waals surface area contributed by atoms with Crippen molar-refractivity contribution in [3.05, 3.63) is 58.7 Å². The fourth-order valence-corrected chi connectivity index (χ4v) is 3.74. The Hall–Kier alpha value is -2.25. The van der Waals surface area contributed by atoms with Crippen LogP contribution in [-0.2, 0) is 0 Å². The minimum atomic E-state index is -4.70. The van der Waals surface area contributed by atoms with E-state index in [2.05, 4.69) is 15.0 Å². The lowest BCUT2D eigenvalue weighted by Gasteiger charge is -2.37. The van der Waals surface area contributed by atoms with E-state index in [1.165, 1.54) is 12.1 Å². The van der Waals surface area contributed by atoms with E-state index in [1.807, 2.05) is 13.8 Å². The van der Waals surface area contributed by atoms with E-state index in [9.17, 15) is 18.3 Å². The molecule has 146 valence electrons. The topological polar surface area (TPSA) is 44.7 Å². The van der Waals surface area contributed by atoms with Crippen LogP contribution in [-0.4, -0.2) is 42.5 Å². The van der Waals surface area contributed by atoms with Gasteiger partial charge in [-0.15, -0.1) is 13.2 Å². The average Bonchev–Trinajstić information content (AvgIpc) is 2.58. The van der Waals surface area contributed by atoms with Crippen LogP contribution in [0, 0.1) is 13.8 Å².